The minimum Gasteiger partial charge on any atom is -0.308 e. The Kier molecular flexibility index (Phi) is 5.30. The summed E-state index contributed by atoms with van der Waals surface area (Å²) < 4.78 is 0. The lowest BCUT2D eigenvalue weighted by Crippen LogP contribution is -2.30. The third-order valence-corrected chi connectivity index (χ3v) is 3.08. The zero-order valence-electron chi connectivity index (χ0n) is 10.6. The monoisotopic (exact) mass is 239 g/mol. The molecule has 1 nitrogen and oxygen atoms in total. The predicted molar refractivity (Wildman–Crippen MR) is 71.9 cm³/mol. The SMILES string of the molecule is CC(C)CC(C)NC(C)c1ccccc1Cl. The van der Waals surface area contributed by atoms with Crippen LogP contribution in [0.3, 0.4) is 0 Å². The smallest absolute Gasteiger partial charge is 0.0453 e. The summed E-state index contributed by atoms with van der Waals surface area (Å²) in [4.78, 5) is 0. The van der Waals surface area contributed by atoms with E-state index in [1.165, 1.54) is 12.0 Å². The molecule has 1 aromatic rings. The Hall–Kier alpha value is -0.530. The fraction of sp³-hybridized carbons (Fsp3) is 0.571. The van der Waals surface area contributed by atoms with Gasteiger partial charge in [-0.3, -0.25) is 0 Å². The minimum atomic E-state index is 0.308. The largest absolute Gasteiger partial charge is 0.308 e. The zero-order valence-corrected chi connectivity index (χ0v) is 11.4. The van der Waals surface area contributed by atoms with E-state index in [1.54, 1.807) is 0 Å². The summed E-state index contributed by atoms with van der Waals surface area (Å²) in [6.45, 7) is 8.89. The van der Waals surface area contributed by atoms with Crippen molar-refractivity contribution in [2.45, 2.75) is 46.2 Å². The minimum absolute atomic E-state index is 0.308. The lowest BCUT2D eigenvalue weighted by atomic mass is 10.0. The van der Waals surface area contributed by atoms with Crippen LogP contribution in [0.5, 0.6) is 0 Å². The summed E-state index contributed by atoms with van der Waals surface area (Å²) in [5.74, 6) is 0.723. The highest BCUT2D eigenvalue weighted by atomic mass is 35.5. The molecule has 0 aliphatic carbocycles. The van der Waals surface area contributed by atoms with Gasteiger partial charge in [-0.1, -0.05) is 43.6 Å². The van der Waals surface area contributed by atoms with Gasteiger partial charge in [-0.2, -0.15) is 0 Å². The van der Waals surface area contributed by atoms with E-state index in [1.807, 2.05) is 18.2 Å². The maximum absolute atomic E-state index is 6.17. The number of hydrogen-bond acceptors (Lipinski definition) is 1. The zero-order chi connectivity index (χ0) is 12.1. The maximum atomic E-state index is 6.17. The molecule has 0 aliphatic heterocycles. The maximum Gasteiger partial charge on any atom is 0.0453 e. The molecule has 0 fully saturated rings. The van der Waals surface area contributed by atoms with Crippen LogP contribution in [0, 0.1) is 5.92 Å². The van der Waals surface area contributed by atoms with Crippen molar-refractivity contribution in [3.63, 3.8) is 0 Å². The molecule has 1 N–H and O–H groups in total. The molecule has 90 valence electrons. The molecule has 1 rings (SSSR count). The molecule has 0 heterocycles. The van der Waals surface area contributed by atoms with Crippen molar-refractivity contribution in [1.82, 2.24) is 5.32 Å². The van der Waals surface area contributed by atoms with Gasteiger partial charge in [0.25, 0.3) is 0 Å². The molecule has 2 heteroatoms. The van der Waals surface area contributed by atoms with Gasteiger partial charge in [0.05, 0.1) is 0 Å². The number of rotatable bonds is 5. The van der Waals surface area contributed by atoms with Gasteiger partial charge >= 0.3 is 0 Å². The van der Waals surface area contributed by atoms with Crippen molar-refractivity contribution in [3.8, 4) is 0 Å². The van der Waals surface area contributed by atoms with Gasteiger partial charge in [-0.05, 0) is 37.8 Å². The van der Waals surface area contributed by atoms with Gasteiger partial charge in [0.2, 0.25) is 0 Å². The van der Waals surface area contributed by atoms with Crippen molar-refractivity contribution in [2.24, 2.45) is 5.92 Å². The second-order valence-corrected chi connectivity index (χ2v) is 5.35. The molecule has 0 aromatic heterocycles. The van der Waals surface area contributed by atoms with E-state index in [2.05, 4.69) is 39.1 Å². The average Bonchev–Trinajstić information content (AvgIpc) is 2.16. The third-order valence-electron chi connectivity index (χ3n) is 2.73. The number of hydrogen-bond donors (Lipinski definition) is 1. The topological polar surface area (TPSA) is 12.0 Å². The lowest BCUT2D eigenvalue weighted by molar-refractivity contribution is 0.407. The van der Waals surface area contributed by atoms with Crippen LogP contribution in [0.1, 0.15) is 45.7 Å². The molecule has 0 spiro atoms. The molecule has 0 bridgehead atoms. The second-order valence-electron chi connectivity index (χ2n) is 4.94. The van der Waals surface area contributed by atoms with Crippen LogP contribution in [0.15, 0.2) is 24.3 Å². The molecule has 2 unspecified atom stereocenters. The van der Waals surface area contributed by atoms with Gasteiger partial charge in [-0.25, -0.2) is 0 Å². The van der Waals surface area contributed by atoms with Crippen molar-refractivity contribution in [2.75, 3.05) is 0 Å². The standard InChI is InChI=1S/C14H22ClN/c1-10(2)9-11(3)16-12(4)13-7-5-6-8-14(13)15/h5-8,10-12,16H,9H2,1-4H3. The Balaban J connectivity index is 2.58. The van der Waals surface area contributed by atoms with Crippen LogP contribution < -0.4 is 5.32 Å². The van der Waals surface area contributed by atoms with Crippen molar-refractivity contribution in [1.29, 1.82) is 0 Å². The van der Waals surface area contributed by atoms with Crippen LogP contribution in [-0.2, 0) is 0 Å². The summed E-state index contributed by atoms with van der Waals surface area (Å²) in [5.41, 5.74) is 1.18. The van der Waals surface area contributed by atoms with Crippen LogP contribution in [0.4, 0.5) is 0 Å². The van der Waals surface area contributed by atoms with Crippen LogP contribution in [0.2, 0.25) is 5.02 Å². The molecular formula is C14H22ClN. The summed E-state index contributed by atoms with van der Waals surface area (Å²) in [6, 6.07) is 8.86. The van der Waals surface area contributed by atoms with E-state index in [9.17, 15) is 0 Å². The van der Waals surface area contributed by atoms with Crippen molar-refractivity contribution >= 4 is 11.6 Å². The van der Waals surface area contributed by atoms with E-state index in [0.29, 0.717) is 12.1 Å². The molecule has 0 saturated carbocycles. The van der Waals surface area contributed by atoms with E-state index in [0.717, 1.165) is 10.9 Å². The molecule has 0 saturated heterocycles. The third kappa shape index (κ3) is 4.15. The van der Waals surface area contributed by atoms with Gasteiger partial charge in [-0.15, -0.1) is 0 Å². The van der Waals surface area contributed by atoms with Crippen LogP contribution in [0.25, 0.3) is 0 Å². The quantitative estimate of drug-likeness (QED) is 0.802. The normalized spacial score (nSPS) is 15.1. The number of halogens is 1. The fourth-order valence-corrected chi connectivity index (χ4v) is 2.42. The Bertz CT molecular complexity index is 322. The Morgan fingerprint density at radius 1 is 1.12 bits per heavy atom. The fourth-order valence-electron chi connectivity index (χ4n) is 2.12. The summed E-state index contributed by atoms with van der Waals surface area (Å²) >= 11 is 6.17. The van der Waals surface area contributed by atoms with Gasteiger partial charge in [0.15, 0.2) is 0 Å². The first kappa shape index (κ1) is 13.5. The van der Waals surface area contributed by atoms with Gasteiger partial charge in [0.1, 0.15) is 0 Å². The first-order valence-electron chi connectivity index (χ1n) is 6.01. The number of benzene rings is 1. The summed E-state index contributed by atoms with van der Waals surface area (Å²) in [5, 5.41) is 4.43. The molecular weight excluding hydrogens is 218 g/mol. The highest BCUT2D eigenvalue weighted by molar-refractivity contribution is 6.31. The lowest BCUT2D eigenvalue weighted by Gasteiger charge is -2.22. The average molecular weight is 240 g/mol. The summed E-state index contributed by atoms with van der Waals surface area (Å²) in [7, 11) is 0. The first-order chi connectivity index (χ1) is 7.50. The highest BCUT2D eigenvalue weighted by Gasteiger charge is 2.12. The van der Waals surface area contributed by atoms with Gasteiger partial charge in [0, 0.05) is 17.1 Å². The van der Waals surface area contributed by atoms with Crippen LogP contribution in [-0.4, -0.2) is 6.04 Å². The van der Waals surface area contributed by atoms with Gasteiger partial charge < -0.3 is 5.32 Å². The van der Waals surface area contributed by atoms with Crippen molar-refractivity contribution in [3.05, 3.63) is 34.9 Å². The Morgan fingerprint density at radius 3 is 2.31 bits per heavy atom. The Morgan fingerprint density at radius 2 is 1.75 bits per heavy atom. The van der Waals surface area contributed by atoms with E-state index < -0.39 is 0 Å². The van der Waals surface area contributed by atoms with E-state index in [4.69, 9.17) is 11.6 Å². The molecule has 0 amide bonds. The van der Waals surface area contributed by atoms with E-state index >= 15 is 0 Å². The highest BCUT2D eigenvalue weighted by Crippen LogP contribution is 2.23. The van der Waals surface area contributed by atoms with Crippen LogP contribution >= 0.6 is 11.6 Å². The predicted octanol–water partition coefficient (Wildman–Crippen LogP) is 4.43. The number of nitrogens with one attached hydrogen (secondary N) is 1. The molecule has 0 radical (unpaired) electrons. The summed E-state index contributed by atoms with van der Waals surface area (Å²) in [6.07, 6.45) is 1.19. The molecule has 1 aromatic carbocycles. The molecule has 16 heavy (non-hydrogen) atoms. The molecule has 2 atom stereocenters. The van der Waals surface area contributed by atoms with Crippen molar-refractivity contribution < 1.29 is 0 Å². The molecule has 0 aliphatic rings. The van der Waals surface area contributed by atoms with E-state index in [-0.39, 0.29) is 0 Å². The second kappa shape index (κ2) is 6.27. The Labute approximate surface area is 104 Å². The first-order valence-corrected chi connectivity index (χ1v) is 6.39.